The van der Waals surface area contributed by atoms with E-state index in [1.807, 2.05) is 24.3 Å². The summed E-state index contributed by atoms with van der Waals surface area (Å²) in [6, 6.07) is 8.45. The number of nitrogens with zero attached hydrogens (tertiary/aromatic N) is 2. The van der Waals surface area contributed by atoms with Crippen LogP contribution in [0.2, 0.25) is 5.02 Å². The molecule has 0 spiro atoms. The van der Waals surface area contributed by atoms with Gasteiger partial charge in [0.2, 0.25) is 0 Å². The number of hydrogen-bond acceptors (Lipinski definition) is 2. The number of rotatable bonds is 8. The fraction of sp³-hybridized carbons (Fsp3) is 0.588. The average Bonchev–Trinajstić information content (AvgIpc) is 2.51. The van der Waals surface area contributed by atoms with Gasteiger partial charge in [-0.2, -0.15) is 0 Å². The van der Waals surface area contributed by atoms with Gasteiger partial charge in [0, 0.05) is 31.2 Å². The maximum atomic E-state index is 5.88. The number of halogens is 2. The van der Waals surface area contributed by atoms with Gasteiger partial charge in [0.25, 0.3) is 0 Å². The lowest BCUT2D eigenvalue weighted by Crippen LogP contribution is -2.37. The molecule has 1 aromatic rings. The minimum absolute atomic E-state index is 0. The van der Waals surface area contributed by atoms with Crippen LogP contribution in [0, 0.1) is 0 Å². The molecular formula is C17H30ClIN4. The second-order valence-electron chi connectivity index (χ2n) is 5.76. The van der Waals surface area contributed by atoms with Gasteiger partial charge < -0.3 is 15.5 Å². The Morgan fingerprint density at radius 2 is 1.83 bits per heavy atom. The highest BCUT2D eigenvalue weighted by atomic mass is 127. The van der Waals surface area contributed by atoms with Crippen molar-refractivity contribution < 1.29 is 0 Å². The SMILES string of the molecule is CN=C(NCCCCN(C)C(C)C)NCc1ccc(Cl)cc1.I. The van der Waals surface area contributed by atoms with Crippen LogP contribution in [0.1, 0.15) is 32.3 Å². The molecule has 2 N–H and O–H groups in total. The molecule has 0 saturated heterocycles. The Labute approximate surface area is 163 Å². The van der Waals surface area contributed by atoms with Crippen molar-refractivity contribution in [1.29, 1.82) is 0 Å². The number of guanidine groups is 1. The average molecular weight is 453 g/mol. The molecule has 6 heteroatoms. The van der Waals surface area contributed by atoms with Crippen LogP contribution in [-0.4, -0.2) is 44.1 Å². The van der Waals surface area contributed by atoms with Gasteiger partial charge in [-0.3, -0.25) is 4.99 Å². The van der Waals surface area contributed by atoms with E-state index >= 15 is 0 Å². The molecule has 0 saturated carbocycles. The number of nitrogens with one attached hydrogen (secondary N) is 2. The van der Waals surface area contributed by atoms with Gasteiger partial charge in [-0.1, -0.05) is 23.7 Å². The fourth-order valence-corrected chi connectivity index (χ4v) is 2.09. The van der Waals surface area contributed by atoms with E-state index in [-0.39, 0.29) is 24.0 Å². The van der Waals surface area contributed by atoms with Crippen molar-refractivity contribution in [1.82, 2.24) is 15.5 Å². The first-order valence-corrected chi connectivity index (χ1v) is 8.30. The zero-order valence-corrected chi connectivity index (χ0v) is 17.7. The molecule has 0 unspecified atom stereocenters. The Morgan fingerprint density at radius 3 is 2.39 bits per heavy atom. The largest absolute Gasteiger partial charge is 0.356 e. The van der Waals surface area contributed by atoms with Crippen molar-refractivity contribution in [2.75, 3.05) is 27.2 Å². The normalized spacial score (nSPS) is 11.5. The molecule has 0 atom stereocenters. The second-order valence-corrected chi connectivity index (χ2v) is 6.20. The highest BCUT2D eigenvalue weighted by Gasteiger charge is 2.02. The molecule has 1 rings (SSSR count). The Morgan fingerprint density at radius 1 is 1.17 bits per heavy atom. The summed E-state index contributed by atoms with van der Waals surface area (Å²) in [5.74, 6) is 0.840. The molecule has 0 bridgehead atoms. The number of unbranched alkanes of at least 4 members (excludes halogenated alkanes) is 1. The van der Waals surface area contributed by atoms with Crippen LogP contribution in [-0.2, 0) is 6.54 Å². The lowest BCUT2D eigenvalue weighted by molar-refractivity contribution is 0.268. The molecule has 0 radical (unpaired) electrons. The van der Waals surface area contributed by atoms with Crippen molar-refractivity contribution in [3.8, 4) is 0 Å². The molecule has 4 nitrogen and oxygen atoms in total. The quantitative estimate of drug-likeness (QED) is 0.273. The van der Waals surface area contributed by atoms with Crippen LogP contribution in [0.5, 0.6) is 0 Å². The van der Waals surface area contributed by atoms with E-state index in [1.165, 1.54) is 12.0 Å². The van der Waals surface area contributed by atoms with E-state index in [0.29, 0.717) is 6.04 Å². The molecule has 0 aliphatic carbocycles. The van der Waals surface area contributed by atoms with Crippen molar-refractivity contribution in [2.45, 2.75) is 39.3 Å². The summed E-state index contributed by atoms with van der Waals surface area (Å²) >= 11 is 5.88. The van der Waals surface area contributed by atoms with E-state index in [2.05, 4.69) is 41.4 Å². The molecule has 23 heavy (non-hydrogen) atoms. The zero-order valence-electron chi connectivity index (χ0n) is 14.6. The molecule has 0 amide bonds. The zero-order chi connectivity index (χ0) is 16.4. The van der Waals surface area contributed by atoms with E-state index < -0.39 is 0 Å². The maximum Gasteiger partial charge on any atom is 0.191 e. The van der Waals surface area contributed by atoms with Crippen molar-refractivity contribution in [2.24, 2.45) is 4.99 Å². The molecule has 0 heterocycles. The highest BCUT2D eigenvalue weighted by Crippen LogP contribution is 2.09. The van der Waals surface area contributed by atoms with Crippen molar-refractivity contribution in [3.63, 3.8) is 0 Å². The molecule has 0 aliphatic rings. The number of benzene rings is 1. The summed E-state index contributed by atoms with van der Waals surface area (Å²) in [5.41, 5.74) is 1.19. The first-order chi connectivity index (χ1) is 10.5. The third kappa shape index (κ3) is 10.0. The monoisotopic (exact) mass is 452 g/mol. The minimum atomic E-state index is 0. The fourth-order valence-electron chi connectivity index (χ4n) is 1.96. The van der Waals surface area contributed by atoms with Crippen molar-refractivity contribution in [3.05, 3.63) is 34.9 Å². The van der Waals surface area contributed by atoms with E-state index in [1.54, 1.807) is 7.05 Å². The van der Waals surface area contributed by atoms with Crippen LogP contribution in [0.15, 0.2) is 29.3 Å². The van der Waals surface area contributed by atoms with Crippen molar-refractivity contribution >= 4 is 41.5 Å². The Balaban J connectivity index is 0.00000484. The van der Waals surface area contributed by atoms with Gasteiger partial charge in [0.15, 0.2) is 5.96 Å². The van der Waals surface area contributed by atoms with Crippen LogP contribution in [0.25, 0.3) is 0 Å². The van der Waals surface area contributed by atoms with Crippen LogP contribution < -0.4 is 10.6 Å². The van der Waals surface area contributed by atoms with Gasteiger partial charge in [0.05, 0.1) is 0 Å². The van der Waals surface area contributed by atoms with Gasteiger partial charge in [-0.05, 0) is 58.0 Å². The minimum Gasteiger partial charge on any atom is -0.356 e. The van der Waals surface area contributed by atoms with Gasteiger partial charge in [-0.25, -0.2) is 0 Å². The Hall–Kier alpha value is -0.530. The number of aliphatic imine (C=N–C) groups is 1. The van der Waals surface area contributed by atoms with Crippen LogP contribution >= 0.6 is 35.6 Å². The third-order valence-corrected chi connectivity index (χ3v) is 3.96. The summed E-state index contributed by atoms with van der Waals surface area (Å²) in [4.78, 5) is 6.61. The Kier molecular flexibility index (Phi) is 12.5. The van der Waals surface area contributed by atoms with Gasteiger partial charge in [0.1, 0.15) is 0 Å². The lowest BCUT2D eigenvalue weighted by Gasteiger charge is -2.20. The standard InChI is InChI=1S/C17H29ClN4.HI/c1-14(2)22(4)12-6-5-11-20-17(19-3)21-13-15-7-9-16(18)10-8-15;/h7-10,14H,5-6,11-13H2,1-4H3,(H2,19,20,21);1H. The molecule has 0 aliphatic heterocycles. The van der Waals surface area contributed by atoms with Gasteiger partial charge in [-0.15, -0.1) is 24.0 Å². The summed E-state index contributed by atoms with van der Waals surface area (Å²) < 4.78 is 0. The topological polar surface area (TPSA) is 39.7 Å². The lowest BCUT2D eigenvalue weighted by atomic mass is 10.2. The van der Waals surface area contributed by atoms with E-state index in [4.69, 9.17) is 11.6 Å². The summed E-state index contributed by atoms with van der Waals surface area (Å²) in [7, 11) is 3.97. The molecular weight excluding hydrogens is 423 g/mol. The predicted octanol–water partition coefficient (Wildman–Crippen LogP) is 3.74. The van der Waals surface area contributed by atoms with Crippen LogP contribution in [0.3, 0.4) is 0 Å². The predicted molar refractivity (Wildman–Crippen MR) is 112 cm³/mol. The van der Waals surface area contributed by atoms with E-state index in [9.17, 15) is 0 Å². The number of hydrogen-bond donors (Lipinski definition) is 2. The molecule has 1 aromatic carbocycles. The summed E-state index contributed by atoms with van der Waals surface area (Å²) in [6.07, 6.45) is 2.33. The molecule has 0 aromatic heterocycles. The summed E-state index contributed by atoms with van der Waals surface area (Å²) in [6.45, 7) is 7.26. The van der Waals surface area contributed by atoms with Gasteiger partial charge >= 0.3 is 0 Å². The highest BCUT2D eigenvalue weighted by molar-refractivity contribution is 14.0. The molecule has 132 valence electrons. The first kappa shape index (κ1) is 22.5. The second kappa shape index (κ2) is 12.8. The maximum absolute atomic E-state index is 5.88. The smallest absolute Gasteiger partial charge is 0.191 e. The third-order valence-electron chi connectivity index (χ3n) is 3.71. The molecule has 0 fully saturated rings. The summed E-state index contributed by atoms with van der Waals surface area (Å²) in [5, 5.41) is 7.42. The Bertz CT molecular complexity index is 448. The first-order valence-electron chi connectivity index (χ1n) is 7.92. The van der Waals surface area contributed by atoms with E-state index in [0.717, 1.165) is 37.0 Å². The van der Waals surface area contributed by atoms with Crippen LogP contribution in [0.4, 0.5) is 0 Å².